The van der Waals surface area contributed by atoms with E-state index in [4.69, 9.17) is 16.3 Å². The van der Waals surface area contributed by atoms with Gasteiger partial charge in [-0.25, -0.2) is 4.98 Å². The van der Waals surface area contributed by atoms with Crippen LogP contribution in [0.4, 0.5) is 5.13 Å². The molecule has 140 valence electrons. The maximum atomic E-state index is 12.4. The van der Waals surface area contributed by atoms with Gasteiger partial charge in [-0.15, -0.1) is 11.3 Å². The van der Waals surface area contributed by atoms with Crippen LogP contribution in [0.2, 0.25) is 5.02 Å². The number of nitriles is 1. The minimum atomic E-state index is -0.509. The minimum Gasteiger partial charge on any atom is -0.494 e. The number of hydrogen-bond donors (Lipinski definition) is 1. The number of hydrogen-bond acceptors (Lipinski definition) is 5. The Morgan fingerprint density at radius 1 is 1.25 bits per heavy atom. The second-order valence-corrected chi connectivity index (χ2v) is 6.97. The summed E-state index contributed by atoms with van der Waals surface area (Å²) < 4.78 is 5.43. The minimum absolute atomic E-state index is 0.0138. The van der Waals surface area contributed by atoms with Crippen LogP contribution in [0.3, 0.4) is 0 Å². The highest BCUT2D eigenvalue weighted by atomic mass is 35.5. The summed E-state index contributed by atoms with van der Waals surface area (Å²) in [5, 5.41) is 14.8. The van der Waals surface area contributed by atoms with E-state index in [0.717, 1.165) is 17.0 Å². The topological polar surface area (TPSA) is 75.0 Å². The van der Waals surface area contributed by atoms with Crippen LogP contribution in [0, 0.1) is 11.3 Å². The zero-order chi connectivity index (χ0) is 19.9. The highest BCUT2D eigenvalue weighted by Crippen LogP contribution is 2.27. The first kappa shape index (κ1) is 19.6. The lowest BCUT2D eigenvalue weighted by Crippen LogP contribution is -2.13. The quantitative estimate of drug-likeness (QED) is 0.436. The molecule has 0 spiro atoms. The van der Waals surface area contributed by atoms with Crippen molar-refractivity contribution >= 4 is 40.1 Å². The van der Waals surface area contributed by atoms with Crippen LogP contribution < -0.4 is 10.1 Å². The molecule has 1 aromatic heterocycles. The first-order valence-electron chi connectivity index (χ1n) is 8.46. The Bertz CT molecular complexity index is 1030. The van der Waals surface area contributed by atoms with Crippen LogP contribution in [-0.2, 0) is 4.79 Å². The lowest BCUT2D eigenvalue weighted by Gasteiger charge is -2.03. The SMILES string of the molecule is CCOc1ccc(-c2csc(NC(=O)C(C#N)=Cc3ccc(Cl)cc3)n2)cc1. The molecule has 0 saturated carbocycles. The molecule has 1 heterocycles. The summed E-state index contributed by atoms with van der Waals surface area (Å²) in [7, 11) is 0. The van der Waals surface area contributed by atoms with Crippen LogP contribution in [0.5, 0.6) is 5.75 Å². The van der Waals surface area contributed by atoms with E-state index in [1.807, 2.05) is 42.6 Å². The van der Waals surface area contributed by atoms with E-state index in [-0.39, 0.29) is 5.57 Å². The van der Waals surface area contributed by atoms with Crippen molar-refractivity contribution in [2.45, 2.75) is 6.92 Å². The maximum Gasteiger partial charge on any atom is 0.268 e. The van der Waals surface area contributed by atoms with Gasteiger partial charge in [0.15, 0.2) is 5.13 Å². The first-order chi connectivity index (χ1) is 13.6. The fraction of sp³-hybridized carbons (Fsp3) is 0.0952. The molecule has 0 aliphatic heterocycles. The van der Waals surface area contributed by atoms with E-state index in [2.05, 4.69) is 10.3 Å². The maximum absolute atomic E-state index is 12.4. The number of nitrogens with zero attached hydrogens (tertiary/aromatic N) is 2. The molecule has 0 bridgehead atoms. The molecule has 0 aliphatic rings. The summed E-state index contributed by atoms with van der Waals surface area (Å²) in [5.41, 5.74) is 2.35. The molecule has 5 nitrogen and oxygen atoms in total. The molecule has 3 rings (SSSR count). The molecular weight excluding hydrogens is 394 g/mol. The van der Waals surface area contributed by atoms with Gasteiger partial charge in [-0.1, -0.05) is 23.7 Å². The summed E-state index contributed by atoms with van der Waals surface area (Å²) in [6, 6.07) is 16.4. The van der Waals surface area contributed by atoms with Crippen molar-refractivity contribution in [1.82, 2.24) is 4.98 Å². The Hall–Kier alpha value is -3.14. The number of carbonyl (C=O) groups excluding carboxylic acids is 1. The Kier molecular flexibility index (Phi) is 6.43. The molecule has 28 heavy (non-hydrogen) atoms. The number of rotatable bonds is 6. The van der Waals surface area contributed by atoms with Gasteiger partial charge in [0.2, 0.25) is 0 Å². The Labute approximate surface area is 171 Å². The average Bonchev–Trinajstić information content (AvgIpc) is 3.16. The molecule has 3 aromatic rings. The lowest BCUT2D eigenvalue weighted by molar-refractivity contribution is -0.112. The van der Waals surface area contributed by atoms with E-state index in [9.17, 15) is 10.1 Å². The van der Waals surface area contributed by atoms with Gasteiger partial charge in [0.05, 0.1) is 12.3 Å². The number of thiazole rings is 1. The summed E-state index contributed by atoms with van der Waals surface area (Å²) in [6.45, 7) is 2.54. The van der Waals surface area contributed by atoms with Crippen LogP contribution >= 0.6 is 22.9 Å². The molecule has 7 heteroatoms. The number of carbonyl (C=O) groups is 1. The molecule has 0 atom stereocenters. The zero-order valence-corrected chi connectivity index (χ0v) is 16.6. The monoisotopic (exact) mass is 409 g/mol. The number of ether oxygens (including phenoxy) is 1. The van der Waals surface area contributed by atoms with E-state index < -0.39 is 5.91 Å². The van der Waals surface area contributed by atoms with Crippen molar-refractivity contribution in [3.63, 3.8) is 0 Å². The third-order valence-electron chi connectivity index (χ3n) is 3.73. The Morgan fingerprint density at radius 2 is 1.96 bits per heavy atom. The smallest absolute Gasteiger partial charge is 0.268 e. The van der Waals surface area contributed by atoms with Crippen molar-refractivity contribution in [1.29, 1.82) is 5.26 Å². The van der Waals surface area contributed by atoms with Crippen LogP contribution in [0.1, 0.15) is 12.5 Å². The number of amides is 1. The van der Waals surface area contributed by atoms with Crippen molar-refractivity contribution in [2.75, 3.05) is 11.9 Å². The molecule has 0 aliphatic carbocycles. The number of aromatic nitrogens is 1. The largest absolute Gasteiger partial charge is 0.494 e. The van der Waals surface area contributed by atoms with Gasteiger partial charge in [-0.3, -0.25) is 10.1 Å². The predicted octanol–water partition coefficient (Wildman–Crippen LogP) is 5.41. The Balaban J connectivity index is 1.72. The molecule has 2 aromatic carbocycles. The fourth-order valence-electron chi connectivity index (χ4n) is 2.39. The second-order valence-electron chi connectivity index (χ2n) is 5.67. The van der Waals surface area contributed by atoms with Crippen molar-refractivity contribution in [2.24, 2.45) is 0 Å². The second kappa shape index (κ2) is 9.18. The van der Waals surface area contributed by atoms with Gasteiger partial charge in [-0.2, -0.15) is 5.26 Å². The first-order valence-corrected chi connectivity index (χ1v) is 9.72. The van der Waals surface area contributed by atoms with Gasteiger partial charge < -0.3 is 4.74 Å². The molecule has 1 N–H and O–H groups in total. The average molecular weight is 410 g/mol. The molecule has 0 radical (unpaired) electrons. The number of halogens is 1. The van der Waals surface area contributed by atoms with Gasteiger partial charge in [-0.05, 0) is 55.0 Å². The highest BCUT2D eigenvalue weighted by molar-refractivity contribution is 7.14. The molecular formula is C21H16ClN3O2S. The summed E-state index contributed by atoms with van der Waals surface area (Å²) >= 11 is 7.15. The summed E-state index contributed by atoms with van der Waals surface area (Å²) in [5.74, 6) is 0.283. The van der Waals surface area contributed by atoms with E-state index in [1.165, 1.54) is 17.4 Å². The van der Waals surface area contributed by atoms with Crippen LogP contribution in [-0.4, -0.2) is 17.5 Å². The molecule has 0 fully saturated rings. The molecule has 0 unspecified atom stereocenters. The fourth-order valence-corrected chi connectivity index (χ4v) is 3.23. The zero-order valence-electron chi connectivity index (χ0n) is 15.0. The van der Waals surface area contributed by atoms with Gasteiger partial charge in [0.25, 0.3) is 5.91 Å². The standard InChI is InChI=1S/C21H16ClN3O2S/c1-2-27-18-9-5-15(6-10-18)19-13-28-21(24-19)25-20(26)16(12-23)11-14-3-7-17(22)8-4-14/h3-11,13H,2H2,1H3,(H,24,25,26). The molecule has 0 saturated heterocycles. The number of benzene rings is 2. The summed E-state index contributed by atoms with van der Waals surface area (Å²) in [4.78, 5) is 16.8. The predicted molar refractivity (Wildman–Crippen MR) is 112 cm³/mol. The number of nitrogens with one attached hydrogen (secondary N) is 1. The number of anilines is 1. The van der Waals surface area contributed by atoms with Crippen molar-refractivity contribution in [3.8, 4) is 23.1 Å². The van der Waals surface area contributed by atoms with E-state index in [1.54, 1.807) is 24.3 Å². The van der Waals surface area contributed by atoms with Gasteiger partial charge >= 0.3 is 0 Å². The highest BCUT2D eigenvalue weighted by Gasteiger charge is 2.12. The Morgan fingerprint density at radius 3 is 2.61 bits per heavy atom. The third kappa shape index (κ3) is 4.97. The van der Waals surface area contributed by atoms with Gasteiger partial charge in [0.1, 0.15) is 17.4 Å². The molecule has 1 amide bonds. The third-order valence-corrected chi connectivity index (χ3v) is 4.74. The van der Waals surface area contributed by atoms with Crippen molar-refractivity contribution < 1.29 is 9.53 Å². The normalized spacial score (nSPS) is 11.0. The lowest BCUT2D eigenvalue weighted by atomic mass is 10.1. The van der Waals surface area contributed by atoms with Crippen LogP contribution in [0.15, 0.2) is 59.5 Å². The summed E-state index contributed by atoms with van der Waals surface area (Å²) in [6.07, 6.45) is 1.51. The van der Waals surface area contributed by atoms with Crippen molar-refractivity contribution in [3.05, 3.63) is 70.1 Å². The van der Waals surface area contributed by atoms with Crippen LogP contribution in [0.25, 0.3) is 17.3 Å². The van der Waals surface area contributed by atoms with E-state index in [0.29, 0.717) is 22.3 Å². The van der Waals surface area contributed by atoms with Gasteiger partial charge in [0, 0.05) is 16.0 Å². The van der Waals surface area contributed by atoms with E-state index >= 15 is 0 Å².